The maximum absolute atomic E-state index is 5.41. The molecule has 0 spiro atoms. The minimum absolute atomic E-state index is 0.692. The molecule has 0 unspecified atom stereocenters. The quantitative estimate of drug-likeness (QED) is 0.617. The van der Waals surface area contributed by atoms with Crippen LogP contribution >= 0.6 is 11.6 Å². The van der Waals surface area contributed by atoms with Gasteiger partial charge in [0.05, 0.1) is 0 Å². The van der Waals surface area contributed by atoms with Crippen molar-refractivity contribution in [3.05, 3.63) is 41.6 Å². The molecule has 1 aromatic rings. The van der Waals surface area contributed by atoms with Crippen LogP contribution in [0, 0.1) is 0 Å². The van der Waals surface area contributed by atoms with E-state index in [1.807, 2.05) is 30.3 Å². The van der Waals surface area contributed by atoms with E-state index in [0.29, 0.717) is 5.76 Å². The Labute approximate surface area is 71.3 Å². The molecular formula is C9H9ClO. The van der Waals surface area contributed by atoms with Crippen LogP contribution in [-0.4, -0.2) is 0 Å². The Kier molecular flexibility index (Phi) is 2.99. The number of hydrogen-bond acceptors (Lipinski definition) is 1. The summed E-state index contributed by atoms with van der Waals surface area (Å²) in [4.78, 5) is 0. The average Bonchev–Trinajstić information content (AvgIpc) is 2.06. The molecule has 0 saturated carbocycles. The third kappa shape index (κ3) is 2.64. The Balaban J connectivity index is 2.65. The third-order valence-corrected chi connectivity index (χ3v) is 1.48. The fourth-order valence-electron chi connectivity index (χ4n) is 0.697. The van der Waals surface area contributed by atoms with Crippen LogP contribution < -0.4 is 4.74 Å². The van der Waals surface area contributed by atoms with Crippen LogP contribution in [0.5, 0.6) is 5.75 Å². The van der Waals surface area contributed by atoms with Gasteiger partial charge < -0.3 is 4.74 Å². The lowest BCUT2D eigenvalue weighted by Gasteiger charge is -2.02. The number of benzene rings is 1. The maximum atomic E-state index is 5.41. The molecule has 1 rings (SSSR count). The van der Waals surface area contributed by atoms with Crippen LogP contribution in [0.25, 0.3) is 0 Å². The van der Waals surface area contributed by atoms with E-state index in [1.54, 1.807) is 6.92 Å². The van der Waals surface area contributed by atoms with Gasteiger partial charge in [-0.05, 0) is 19.1 Å². The summed E-state index contributed by atoms with van der Waals surface area (Å²) in [5.74, 6) is 1.50. The molecule has 0 aliphatic rings. The molecule has 0 aliphatic heterocycles. The van der Waals surface area contributed by atoms with Crippen LogP contribution in [0.1, 0.15) is 6.92 Å². The molecule has 0 heterocycles. The molecule has 0 aromatic heterocycles. The van der Waals surface area contributed by atoms with E-state index in [0.717, 1.165) is 5.75 Å². The second kappa shape index (κ2) is 4.04. The van der Waals surface area contributed by atoms with Crippen molar-refractivity contribution in [3.8, 4) is 5.75 Å². The maximum Gasteiger partial charge on any atom is 0.126 e. The molecule has 58 valence electrons. The summed E-state index contributed by atoms with van der Waals surface area (Å²) in [6.07, 6.45) is 0. The van der Waals surface area contributed by atoms with Gasteiger partial charge in [0.2, 0.25) is 0 Å². The van der Waals surface area contributed by atoms with Crippen molar-refractivity contribution in [2.24, 2.45) is 0 Å². The summed E-state index contributed by atoms with van der Waals surface area (Å²) in [5, 5.41) is 0. The topological polar surface area (TPSA) is 9.23 Å². The first kappa shape index (κ1) is 8.15. The van der Waals surface area contributed by atoms with E-state index in [4.69, 9.17) is 16.3 Å². The van der Waals surface area contributed by atoms with Crippen molar-refractivity contribution in [3.63, 3.8) is 0 Å². The molecule has 0 aliphatic carbocycles. The van der Waals surface area contributed by atoms with Gasteiger partial charge in [0, 0.05) is 5.54 Å². The lowest BCUT2D eigenvalue weighted by Crippen LogP contribution is -1.87. The van der Waals surface area contributed by atoms with Crippen molar-refractivity contribution in [1.82, 2.24) is 0 Å². The van der Waals surface area contributed by atoms with Gasteiger partial charge >= 0.3 is 0 Å². The third-order valence-electron chi connectivity index (χ3n) is 1.18. The number of para-hydroxylation sites is 1. The molecular weight excluding hydrogens is 160 g/mol. The minimum atomic E-state index is 0.692. The Morgan fingerprint density at radius 1 is 1.36 bits per heavy atom. The first-order valence-electron chi connectivity index (χ1n) is 3.33. The molecule has 0 N–H and O–H groups in total. The molecule has 1 aromatic carbocycles. The van der Waals surface area contributed by atoms with Gasteiger partial charge in [-0.25, -0.2) is 0 Å². The number of halogens is 1. The number of hydrogen-bond donors (Lipinski definition) is 0. The van der Waals surface area contributed by atoms with Gasteiger partial charge in [-0.3, -0.25) is 0 Å². The van der Waals surface area contributed by atoms with E-state index >= 15 is 0 Å². The second-order valence-electron chi connectivity index (χ2n) is 2.13. The zero-order valence-corrected chi connectivity index (χ0v) is 7.01. The van der Waals surface area contributed by atoms with Crippen molar-refractivity contribution in [1.29, 1.82) is 0 Å². The summed E-state index contributed by atoms with van der Waals surface area (Å²) >= 11 is 5.41. The Hall–Kier alpha value is -0.950. The molecule has 11 heavy (non-hydrogen) atoms. The van der Waals surface area contributed by atoms with Crippen LogP contribution in [-0.2, 0) is 0 Å². The van der Waals surface area contributed by atoms with Crippen molar-refractivity contribution in [2.75, 3.05) is 0 Å². The highest BCUT2D eigenvalue weighted by Gasteiger charge is 1.90. The molecule has 0 bridgehead atoms. The van der Waals surface area contributed by atoms with Crippen LogP contribution in [0.3, 0.4) is 0 Å². The second-order valence-corrected chi connectivity index (χ2v) is 2.35. The van der Waals surface area contributed by atoms with E-state index in [2.05, 4.69) is 0 Å². The highest BCUT2D eigenvalue weighted by Crippen LogP contribution is 2.12. The van der Waals surface area contributed by atoms with E-state index in [-0.39, 0.29) is 0 Å². The minimum Gasteiger partial charge on any atom is -0.461 e. The highest BCUT2D eigenvalue weighted by atomic mass is 35.5. The van der Waals surface area contributed by atoms with E-state index < -0.39 is 0 Å². The largest absolute Gasteiger partial charge is 0.461 e. The predicted molar refractivity (Wildman–Crippen MR) is 46.7 cm³/mol. The molecule has 0 radical (unpaired) electrons. The van der Waals surface area contributed by atoms with Gasteiger partial charge in [-0.2, -0.15) is 0 Å². The summed E-state index contributed by atoms with van der Waals surface area (Å²) in [7, 11) is 0. The highest BCUT2D eigenvalue weighted by molar-refractivity contribution is 6.25. The van der Waals surface area contributed by atoms with Crippen molar-refractivity contribution in [2.45, 2.75) is 6.92 Å². The molecule has 0 atom stereocenters. The number of ether oxygens (including phenoxy) is 1. The summed E-state index contributed by atoms with van der Waals surface area (Å²) in [5.41, 5.74) is 1.41. The molecule has 1 nitrogen and oxygen atoms in total. The Morgan fingerprint density at radius 3 is 2.55 bits per heavy atom. The van der Waals surface area contributed by atoms with E-state index in [1.165, 1.54) is 5.54 Å². The summed E-state index contributed by atoms with van der Waals surface area (Å²) < 4.78 is 5.29. The number of rotatable bonds is 2. The van der Waals surface area contributed by atoms with Gasteiger partial charge in [0.25, 0.3) is 0 Å². The number of allylic oxidation sites excluding steroid dienone is 1. The fourth-order valence-corrected chi connectivity index (χ4v) is 0.741. The first-order chi connectivity index (χ1) is 5.33. The smallest absolute Gasteiger partial charge is 0.126 e. The van der Waals surface area contributed by atoms with Crippen LogP contribution in [0.2, 0.25) is 0 Å². The standard InChI is InChI=1S/C9H9ClO/c1-8(7-10)11-9-5-3-2-4-6-9/h2-7H,1H3/b8-7-. The van der Waals surface area contributed by atoms with Crippen molar-refractivity contribution >= 4 is 11.6 Å². The first-order valence-corrected chi connectivity index (χ1v) is 3.76. The SMILES string of the molecule is C/C(=C/Cl)Oc1ccccc1. The monoisotopic (exact) mass is 168 g/mol. The van der Waals surface area contributed by atoms with Gasteiger partial charge in [-0.1, -0.05) is 29.8 Å². The molecule has 0 amide bonds. The molecule has 0 saturated heterocycles. The average molecular weight is 169 g/mol. The Bertz CT molecular complexity index is 241. The molecule has 2 heteroatoms. The Morgan fingerprint density at radius 2 is 2.00 bits per heavy atom. The zero-order chi connectivity index (χ0) is 8.10. The van der Waals surface area contributed by atoms with E-state index in [9.17, 15) is 0 Å². The van der Waals surface area contributed by atoms with Crippen LogP contribution in [0.4, 0.5) is 0 Å². The van der Waals surface area contributed by atoms with Crippen LogP contribution in [0.15, 0.2) is 41.6 Å². The van der Waals surface area contributed by atoms with Gasteiger partial charge in [0.15, 0.2) is 0 Å². The zero-order valence-electron chi connectivity index (χ0n) is 6.25. The molecule has 0 fully saturated rings. The van der Waals surface area contributed by atoms with Gasteiger partial charge in [-0.15, -0.1) is 0 Å². The summed E-state index contributed by atoms with van der Waals surface area (Å²) in [6, 6.07) is 9.52. The lowest BCUT2D eigenvalue weighted by molar-refractivity contribution is 0.429. The lowest BCUT2D eigenvalue weighted by atomic mass is 10.3. The fraction of sp³-hybridized carbons (Fsp3) is 0.111. The van der Waals surface area contributed by atoms with Crippen molar-refractivity contribution < 1.29 is 4.74 Å². The predicted octanol–water partition coefficient (Wildman–Crippen LogP) is 3.17. The van der Waals surface area contributed by atoms with Gasteiger partial charge in [0.1, 0.15) is 11.5 Å². The normalized spacial score (nSPS) is 11.3. The summed E-state index contributed by atoms with van der Waals surface area (Å²) in [6.45, 7) is 1.81.